The molecule has 0 spiro atoms. The van der Waals surface area contributed by atoms with E-state index in [2.05, 4.69) is 10.3 Å². The minimum Gasteiger partial charge on any atom is -0.491 e. The number of nitrogens with one attached hydrogen (secondary N) is 1. The van der Waals surface area contributed by atoms with Crippen molar-refractivity contribution in [2.45, 2.75) is 41.2 Å². The van der Waals surface area contributed by atoms with Gasteiger partial charge in [-0.05, 0) is 32.4 Å². The Kier molecular flexibility index (Phi) is 8.79. The topological polar surface area (TPSA) is 51.2 Å². The van der Waals surface area contributed by atoms with Crippen LogP contribution in [0.25, 0.3) is 5.76 Å². The number of amides is 1. The number of hydrogen-bond acceptors (Lipinski definition) is 4. The highest BCUT2D eigenvalue weighted by Crippen LogP contribution is 2.25. The highest BCUT2D eigenvalue weighted by atomic mass is 32.1. The van der Waals surface area contributed by atoms with Crippen LogP contribution in [-0.2, 0) is 11.3 Å². The number of rotatable bonds is 6. The fourth-order valence-corrected chi connectivity index (χ4v) is 3.01. The van der Waals surface area contributed by atoms with Crippen LogP contribution in [0, 0.1) is 6.92 Å². The van der Waals surface area contributed by atoms with E-state index in [-0.39, 0.29) is 5.91 Å². The van der Waals surface area contributed by atoms with Crippen LogP contribution in [0.1, 0.15) is 53.6 Å². The molecule has 2 aromatic rings. The Hall–Kier alpha value is -2.14. The van der Waals surface area contributed by atoms with Gasteiger partial charge in [-0.15, -0.1) is 11.3 Å². The normalized spacial score (nSPS) is 10.6. The first-order chi connectivity index (χ1) is 11.7. The van der Waals surface area contributed by atoms with Crippen molar-refractivity contribution in [3.05, 3.63) is 57.6 Å². The van der Waals surface area contributed by atoms with Gasteiger partial charge in [0.25, 0.3) is 5.91 Å². The second-order valence-corrected chi connectivity index (χ2v) is 5.69. The van der Waals surface area contributed by atoms with E-state index in [0.717, 1.165) is 22.0 Å². The van der Waals surface area contributed by atoms with E-state index in [4.69, 9.17) is 4.74 Å². The first-order valence-electron chi connectivity index (χ1n) is 8.24. The molecule has 0 aliphatic carbocycles. The lowest BCUT2D eigenvalue weighted by atomic mass is 10.2. The quantitative estimate of drug-likeness (QED) is 0.764. The average molecular weight is 346 g/mol. The maximum atomic E-state index is 12.3. The maximum absolute atomic E-state index is 12.3. The van der Waals surface area contributed by atoms with Crippen LogP contribution in [0.5, 0.6) is 0 Å². The van der Waals surface area contributed by atoms with Gasteiger partial charge < -0.3 is 10.1 Å². The van der Waals surface area contributed by atoms with Gasteiger partial charge >= 0.3 is 0 Å². The van der Waals surface area contributed by atoms with Gasteiger partial charge in [-0.25, -0.2) is 4.98 Å². The summed E-state index contributed by atoms with van der Waals surface area (Å²) in [5.74, 6) is 0.620. The van der Waals surface area contributed by atoms with Gasteiger partial charge in [0.15, 0.2) is 10.8 Å². The monoisotopic (exact) mass is 346 g/mol. The molecule has 4 nitrogen and oxygen atoms in total. The summed E-state index contributed by atoms with van der Waals surface area (Å²) < 4.78 is 5.53. The largest absolute Gasteiger partial charge is 0.491 e. The molecule has 0 radical (unpaired) electrons. The smallest absolute Gasteiger partial charge is 0.263 e. The predicted molar refractivity (Wildman–Crippen MR) is 101 cm³/mol. The molecular formula is C19H26N2O2S. The van der Waals surface area contributed by atoms with Gasteiger partial charge in [0.05, 0.1) is 12.3 Å². The molecule has 0 unspecified atom stereocenters. The summed E-state index contributed by atoms with van der Waals surface area (Å²) in [6, 6.07) is 9.84. The van der Waals surface area contributed by atoms with E-state index in [1.807, 2.05) is 71.0 Å². The molecule has 0 saturated carbocycles. The van der Waals surface area contributed by atoms with Crippen LogP contribution in [0.15, 0.2) is 36.4 Å². The summed E-state index contributed by atoms with van der Waals surface area (Å²) in [4.78, 5) is 17.4. The van der Waals surface area contributed by atoms with Crippen molar-refractivity contribution in [2.24, 2.45) is 0 Å². The van der Waals surface area contributed by atoms with Gasteiger partial charge in [-0.1, -0.05) is 44.2 Å². The average Bonchev–Trinajstić information content (AvgIpc) is 3.02. The van der Waals surface area contributed by atoms with Crippen LogP contribution < -0.4 is 5.32 Å². The Balaban J connectivity index is 0.00000139. The zero-order valence-corrected chi connectivity index (χ0v) is 15.9. The highest BCUT2D eigenvalue weighted by molar-refractivity contribution is 7.14. The minimum atomic E-state index is -0.0999. The number of aryl methyl sites for hydroxylation is 1. The molecule has 0 aliphatic rings. The molecule has 1 heterocycles. The van der Waals surface area contributed by atoms with Gasteiger partial charge in [0.2, 0.25) is 0 Å². The summed E-state index contributed by atoms with van der Waals surface area (Å²) in [6.07, 6.45) is 1.87. The molecule has 0 saturated heterocycles. The summed E-state index contributed by atoms with van der Waals surface area (Å²) in [6.45, 7) is 10.8. The molecule has 2 rings (SSSR count). The summed E-state index contributed by atoms with van der Waals surface area (Å²) >= 11 is 1.36. The molecule has 1 amide bonds. The first kappa shape index (κ1) is 19.9. The molecule has 0 aliphatic heterocycles. The molecule has 5 heteroatoms. The lowest BCUT2D eigenvalue weighted by molar-refractivity contribution is 0.0954. The molecule has 1 aromatic heterocycles. The molecule has 130 valence electrons. The molecule has 0 fully saturated rings. The van der Waals surface area contributed by atoms with Gasteiger partial charge in [0, 0.05) is 6.54 Å². The van der Waals surface area contributed by atoms with Crippen LogP contribution in [0.3, 0.4) is 0 Å². The Bertz CT molecular complexity index is 663. The number of carbonyl (C=O) groups is 1. The maximum Gasteiger partial charge on any atom is 0.263 e. The third-order valence-corrected chi connectivity index (χ3v) is 4.24. The molecule has 1 N–H and O–H groups in total. The van der Waals surface area contributed by atoms with E-state index < -0.39 is 0 Å². The van der Waals surface area contributed by atoms with Crippen molar-refractivity contribution < 1.29 is 9.53 Å². The summed E-state index contributed by atoms with van der Waals surface area (Å²) in [7, 11) is 0. The zero-order chi connectivity index (χ0) is 17.9. The number of ether oxygens (including phenoxy) is 1. The number of carbonyl (C=O) groups excluding carboxylic acids is 1. The van der Waals surface area contributed by atoms with E-state index in [9.17, 15) is 4.79 Å². The fourth-order valence-electron chi connectivity index (χ4n) is 2.00. The number of nitrogens with zero attached hydrogens (tertiary/aromatic N) is 1. The molecule has 0 atom stereocenters. The first-order valence-corrected chi connectivity index (χ1v) is 9.06. The Labute approximate surface area is 148 Å². The van der Waals surface area contributed by atoms with Crippen molar-refractivity contribution in [3.8, 4) is 0 Å². The lowest BCUT2D eigenvalue weighted by Gasteiger charge is -2.04. The van der Waals surface area contributed by atoms with Gasteiger partial charge in [-0.3, -0.25) is 4.79 Å². The molecular weight excluding hydrogens is 320 g/mol. The van der Waals surface area contributed by atoms with Crippen molar-refractivity contribution in [2.75, 3.05) is 6.61 Å². The lowest BCUT2D eigenvalue weighted by Crippen LogP contribution is -2.22. The van der Waals surface area contributed by atoms with E-state index >= 15 is 0 Å². The Morgan fingerprint density at radius 1 is 1.29 bits per heavy atom. The van der Waals surface area contributed by atoms with Gasteiger partial charge in [0.1, 0.15) is 4.88 Å². The third kappa shape index (κ3) is 5.49. The Morgan fingerprint density at radius 3 is 2.54 bits per heavy atom. The SMILES string of the molecule is C/C=C(\OCC)c1nc(C)c(C(=O)NCc2ccccc2)s1.CC. The Morgan fingerprint density at radius 2 is 1.96 bits per heavy atom. The van der Waals surface area contributed by atoms with Crippen LogP contribution >= 0.6 is 11.3 Å². The molecule has 1 aromatic carbocycles. The number of aromatic nitrogens is 1. The standard InChI is InChI=1S/C17H20N2O2S.C2H6/c1-4-14(21-5-2)17-19-12(3)15(22-17)16(20)18-11-13-9-7-6-8-10-13;1-2/h4,6-10H,5,11H2,1-3H3,(H,18,20);1-2H3/b14-4-;. The van der Waals surface area contributed by atoms with Gasteiger partial charge in [-0.2, -0.15) is 0 Å². The second kappa shape index (κ2) is 10.6. The van der Waals surface area contributed by atoms with Crippen molar-refractivity contribution in [1.82, 2.24) is 10.3 Å². The number of hydrogen-bond donors (Lipinski definition) is 1. The number of thiazole rings is 1. The molecule has 0 bridgehead atoms. The number of benzene rings is 1. The van der Waals surface area contributed by atoms with Crippen molar-refractivity contribution >= 4 is 23.0 Å². The summed E-state index contributed by atoms with van der Waals surface area (Å²) in [5, 5.41) is 3.67. The molecule has 24 heavy (non-hydrogen) atoms. The van der Waals surface area contributed by atoms with E-state index in [1.54, 1.807) is 0 Å². The fraction of sp³-hybridized carbons (Fsp3) is 0.368. The minimum absolute atomic E-state index is 0.0999. The van der Waals surface area contributed by atoms with E-state index in [0.29, 0.717) is 18.0 Å². The van der Waals surface area contributed by atoms with E-state index in [1.165, 1.54) is 11.3 Å². The number of allylic oxidation sites excluding steroid dienone is 1. The highest BCUT2D eigenvalue weighted by Gasteiger charge is 2.17. The third-order valence-electron chi connectivity index (χ3n) is 3.07. The van der Waals surface area contributed by atoms with Crippen LogP contribution in [0.4, 0.5) is 0 Å². The van der Waals surface area contributed by atoms with Crippen LogP contribution in [-0.4, -0.2) is 17.5 Å². The van der Waals surface area contributed by atoms with Crippen molar-refractivity contribution in [3.63, 3.8) is 0 Å². The predicted octanol–water partition coefficient (Wildman–Crippen LogP) is 4.81. The van der Waals surface area contributed by atoms with Crippen molar-refractivity contribution in [1.29, 1.82) is 0 Å². The van der Waals surface area contributed by atoms with Crippen LogP contribution in [0.2, 0.25) is 0 Å². The zero-order valence-electron chi connectivity index (χ0n) is 15.1. The second-order valence-electron chi connectivity index (χ2n) is 4.69. The summed E-state index contributed by atoms with van der Waals surface area (Å²) in [5.41, 5.74) is 1.80.